The van der Waals surface area contributed by atoms with Gasteiger partial charge in [0.2, 0.25) is 0 Å². The predicted molar refractivity (Wildman–Crippen MR) is 74.9 cm³/mol. The molecule has 0 saturated heterocycles. The third-order valence-corrected chi connectivity index (χ3v) is 3.67. The second kappa shape index (κ2) is 7.37. The van der Waals surface area contributed by atoms with Gasteiger partial charge in [-0.2, -0.15) is 21.6 Å². The van der Waals surface area contributed by atoms with Crippen LogP contribution >= 0.6 is 0 Å². The molecule has 0 aliphatic rings. The lowest BCUT2D eigenvalue weighted by Gasteiger charge is -2.12. The van der Waals surface area contributed by atoms with Crippen LogP contribution in [0.5, 0.6) is 5.75 Å². The van der Waals surface area contributed by atoms with Gasteiger partial charge in [0.25, 0.3) is 0 Å². The Labute approximate surface area is 131 Å². The van der Waals surface area contributed by atoms with Gasteiger partial charge in [0, 0.05) is 0 Å². The summed E-state index contributed by atoms with van der Waals surface area (Å²) < 4.78 is 67.0. The van der Waals surface area contributed by atoms with Gasteiger partial charge in [0.1, 0.15) is 5.75 Å². The highest BCUT2D eigenvalue weighted by atomic mass is 32.2. The van der Waals surface area contributed by atoms with E-state index in [1.165, 1.54) is 19.2 Å². The molecule has 0 heterocycles. The van der Waals surface area contributed by atoms with Crippen molar-refractivity contribution in [3.05, 3.63) is 29.8 Å². The molecule has 0 aromatic heterocycles. The number of alkyl halides is 3. The van der Waals surface area contributed by atoms with Crippen molar-refractivity contribution < 1.29 is 35.3 Å². The Balaban J connectivity index is 2.98. The number of benzene rings is 1. The van der Waals surface area contributed by atoms with Crippen molar-refractivity contribution in [1.82, 2.24) is 0 Å². The first kappa shape index (κ1) is 18.8. The van der Waals surface area contributed by atoms with Crippen molar-refractivity contribution in [2.24, 2.45) is 0 Å². The molecule has 1 aromatic rings. The summed E-state index contributed by atoms with van der Waals surface area (Å²) in [6.07, 6.45) is -0.0433. The van der Waals surface area contributed by atoms with Crippen LogP contribution in [0.25, 0.3) is 0 Å². The third-order valence-electron chi connectivity index (χ3n) is 2.69. The van der Waals surface area contributed by atoms with Gasteiger partial charge in [-0.15, -0.1) is 5.92 Å². The molecule has 0 fully saturated rings. The first-order valence-corrected chi connectivity index (χ1v) is 7.61. The predicted octanol–water partition coefficient (Wildman–Crippen LogP) is 2.59. The van der Waals surface area contributed by atoms with E-state index < -0.39 is 33.3 Å². The summed E-state index contributed by atoms with van der Waals surface area (Å²) >= 11 is 0. The molecule has 0 spiro atoms. The molecule has 0 N–H and O–H groups in total. The van der Waals surface area contributed by atoms with Crippen LogP contribution in [0.3, 0.4) is 0 Å². The highest BCUT2D eigenvalue weighted by Crippen LogP contribution is 2.28. The summed E-state index contributed by atoms with van der Waals surface area (Å²) in [5, 5.41) is 0. The maximum atomic E-state index is 12.2. The van der Waals surface area contributed by atoms with Gasteiger partial charge in [-0.1, -0.05) is 18.1 Å². The third kappa shape index (κ3) is 5.17. The maximum absolute atomic E-state index is 12.2. The summed E-state index contributed by atoms with van der Waals surface area (Å²) in [6, 6.07) is 4.78. The van der Waals surface area contributed by atoms with E-state index in [0.29, 0.717) is 5.56 Å². The van der Waals surface area contributed by atoms with Gasteiger partial charge in [-0.25, -0.2) is 0 Å². The minimum Gasteiger partial charge on any atom is -0.469 e. The first-order valence-electron chi connectivity index (χ1n) is 6.20. The molecule has 0 aliphatic carbocycles. The summed E-state index contributed by atoms with van der Waals surface area (Å²) in [5.41, 5.74) is -4.99. The SMILES string of the molecule is CC#C[C@@H](CC(=O)OC)c1ccc(OS(=O)(=O)C(F)(F)F)cc1. The van der Waals surface area contributed by atoms with E-state index >= 15 is 0 Å². The van der Waals surface area contributed by atoms with Crippen LogP contribution in [-0.2, 0) is 19.6 Å². The number of rotatable bonds is 5. The number of carbonyl (C=O) groups excluding carboxylic acids is 1. The van der Waals surface area contributed by atoms with E-state index in [0.717, 1.165) is 12.1 Å². The molecule has 0 radical (unpaired) electrons. The van der Waals surface area contributed by atoms with Crippen molar-refractivity contribution in [3.63, 3.8) is 0 Å². The van der Waals surface area contributed by atoms with Gasteiger partial charge in [-0.3, -0.25) is 4.79 Å². The standard InChI is InChI=1S/C14H13F3O5S/c1-3-4-11(9-13(18)21-2)10-5-7-12(8-6-10)22-23(19,20)14(15,16)17/h5-8,11H,9H2,1-2H3/t11-/m0/s1. The van der Waals surface area contributed by atoms with Crippen molar-refractivity contribution in [3.8, 4) is 17.6 Å². The Morgan fingerprint density at radius 1 is 1.26 bits per heavy atom. The van der Waals surface area contributed by atoms with Crippen LogP contribution < -0.4 is 4.18 Å². The molecule has 0 saturated carbocycles. The van der Waals surface area contributed by atoms with Gasteiger partial charge in [0.15, 0.2) is 0 Å². The minimum atomic E-state index is -5.72. The molecule has 1 rings (SSSR count). The summed E-state index contributed by atoms with van der Waals surface area (Å²) in [6.45, 7) is 1.57. The van der Waals surface area contributed by atoms with E-state index in [2.05, 4.69) is 20.8 Å². The number of carbonyl (C=O) groups is 1. The molecule has 0 unspecified atom stereocenters. The number of methoxy groups -OCH3 is 1. The van der Waals surface area contributed by atoms with E-state index in [1.807, 2.05) is 0 Å². The Bertz CT molecular complexity index is 712. The summed E-state index contributed by atoms with van der Waals surface area (Å²) in [5.74, 6) is 3.88. The molecule has 1 aromatic carbocycles. The molecule has 1 atom stereocenters. The fourth-order valence-corrected chi connectivity index (χ4v) is 2.07. The highest BCUT2D eigenvalue weighted by Gasteiger charge is 2.48. The molecule has 126 valence electrons. The Hall–Kier alpha value is -2.21. The smallest absolute Gasteiger partial charge is 0.469 e. The Kier molecular flexibility index (Phi) is 6.04. The molecule has 5 nitrogen and oxygen atoms in total. The van der Waals surface area contributed by atoms with E-state index in [-0.39, 0.29) is 6.42 Å². The van der Waals surface area contributed by atoms with Crippen LogP contribution in [0.1, 0.15) is 24.8 Å². The lowest BCUT2D eigenvalue weighted by atomic mass is 9.96. The largest absolute Gasteiger partial charge is 0.534 e. The number of esters is 1. The quantitative estimate of drug-likeness (QED) is 0.353. The summed E-state index contributed by atoms with van der Waals surface area (Å²) in [4.78, 5) is 11.3. The fourth-order valence-electron chi connectivity index (χ4n) is 1.61. The zero-order valence-electron chi connectivity index (χ0n) is 12.2. The Morgan fingerprint density at radius 3 is 2.26 bits per heavy atom. The van der Waals surface area contributed by atoms with Crippen LogP contribution in [0, 0.1) is 11.8 Å². The lowest BCUT2D eigenvalue weighted by molar-refractivity contribution is -0.140. The zero-order chi connectivity index (χ0) is 17.7. The van der Waals surface area contributed by atoms with Gasteiger partial charge in [0.05, 0.1) is 19.4 Å². The Morgan fingerprint density at radius 2 is 1.83 bits per heavy atom. The van der Waals surface area contributed by atoms with E-state index in [9.17, 15) is 26.4 Å². The van der Waals surface area contributed by atoms with Gasteiger partial charge >= 0.3 is 21.6 Å². The topological polar surface area (TPSA) is 69.7 Å². The first-order chi connectivity index (χ1) is 10.6. The zero-order valence-corrected chi connectivity index (χ0v) is 13.0. The second-order valence-electron chi connectivity index (χ2n) is 4.28. The number of halogens is 3. The van der Waals surface area contributed by atoms with Crippen LogP contribution in [0.2, 0.25) is 0 Å². The van der Waals surface area contributed by atoms with E-state index in [1.54, 1.807) is 6.92 Å². The minimum absolute atomic E-state index is 0.0433. The molecule has 0 amide bonds. The second-order valence-corrected chi connectivity index (χ2v) is 5.82. The number of ether oxygens (including phenoxy) is 1. The normalized spacial score (nSPS) is 12.7. The van der Waals surface area contributed by atoms with Gasteiger partial charge < -0.3 is 8.92 Å². The fraction of sp³-hybridized carbons (Fsp3) is 0.357. The van der Waals surface area contributed by atoms with Crippen molar-refractivity contribution in [2.75, 3.05) is 7.11 Å². The molecule has 9 heteroatoms. The van der Waals surface area contributed by atoms with Crippen molar-refractivity contribution in [2.45, 2.75) is 24.8 Å². The van der Waals surface area contributed by atoms with Crippen molar-refractivity contribution in [1.29, 1.82) is 0 Å². The van der Waals surface area contributed by atoms with Crippen LogP contribution in [0.15, 0.2) is 24.3 Å². The molecule has 23 heavy (non-hydrogen) atoms. The van der Waals surface area contributed by atoms with Gasteiger partial charge in [-0.05, 0) is 24.6 Å². The monoisotopic (exact) mass is 350 g/mol. The average Bonchev–Trinajstić information content (AvgIpc) is 2.46. The highest BCUT2D eigenvalue weighted by molar-refractivity contribution is 7.87. The van der Waals surface area contributed by atoms with Crippen molar-refractivity contribution >= 4 is 16.1 Å². The maximum Gasteiger partial charge on any atom is 0.534 e. The van der Waals surface area contributed by atoms with Crippen LogP contribution in [0.4, 0.5) is 13.2 Å². The molecule has 0 bridgehead atoms. The molecule has 0 aliphatic heterocycles. The lowest BCUT2D eigenvalue weighted by Crippen LogP contribution is -2.28. The average molecular weight is 350 g/mol. The van der Waals surface area contributed by atoms with Crippen LogP contribution in [-0.4, -0.2) is 27.0 Å². The summed E-state index contributed by atoms with van der Waals surface area (Å²) in [7, 11) is -4.50. The molecular weight excluding hydrogens is 337 g/mol. The number of hydrogen-bond acceptors (Lipinski definition) is 5. The number of hydrogen-bond donors (Lipinski definition) is 0. The molecular formula is C14H13F3O5S. The van der Waals surface area contributed by atoms with E-state index in [4.69, 9.17) is 0 Å².